The third-order valence-electron chi connectivity index (χ3n) is 3.12. The van der Waals surface area contributed by atoms with Crippen LogP contribution in [0.1, 0.15) is 20.7 Å². The van der Waals surface area contributed by atoms with Crippen LogP contribution in [0.2, 0.25) is 0 Å². The molecule has 0 atom stereocenters. The number of methoxy groups -OCH3 is 1. The summed E-state index contributed by atoms with van der Waals surface area (Å²) in [5, 5.41) is 11.7. The molecule has 0 radical (unpaired) electrons. The molecule has 2 aromatic rings. The van der Waals surface area contributed by atoms with E-state index in [0.717, 1.165) is 0 Å². The molecular weight excluding hydrogens is 394 g/mol. The predicted octanol–water partition coefficient (Wildman–Crippen LogP) is 2.28. The lowest BCUT2D eigenvalue weighted by Crippen LogP contribution is -2.34. The van der Waals surface area contributed by atoms with Crippen molar-refractivity contribution in [1.82, 2.24) is 5.32 Å². The first-order valence-corrected chi connectivity index (χ1v) is 7.84. The van der Waals surface area contributed by atoms with Crippen molar-refractivity contribution in [1.29, 1.82) is 0 Å². The van der Waals surface area contributed by atoms with Gasteiger partial charge in [-0.1, -0.05) is 15.9 Å². The van der Waals surface area contributed by atoms with Crippen LogP contribution in [0, 0.1) is 0 Å². The van der Waals surface area contributed by atoms with Gasteiger partial charge in [-0.25, -0.2) is 4.79 Å². The number of esters is 1. The first kappa shape index (κ1) is 18.5. The van der Waals surface area contributed by atoms with Crippen LogP contribution in [0.15, 0.2) is 46.9 Å². The normalized spacial score (nSPS) is 10.0. The molecule has 2 amide bonds. The lowest BCUT2D eigenvalue weighted by molar-refractivity contribution is -0.123. The highest BCUT2D eigenvalue weighted by Crippen LogP contribution is 2.22. The molecule has 0 aliphatic heterocycles. The van der Waals surface area contributed by atoms with Crippen LogP contribution >= 0.6 is 15.9 Å². The largest absolute Gasteiger partial charge is 0.507 e. The summed E-state index contributed by atoms with van der Waals surface area (Å²) in [5.74, 6) is -2.00. The van der Waals surface area contributed by atoms with Gasteiger partial charge < -0.3 is 14.6 Å². The average Bonchev–Trinajstić information content (AvgIpc) is 2.61. The number of carbonyl (C=O) groups is 3. The van der Waals surface area contributed by atoms with Gasteiger partial charge in [-0.05, 0) is 42.5 Å². The fraction of sp³-hybridized carbons (Fsp3) is 0.118. The zero-order chi connectivity index (χ0) is 18.4. The third kappa shape index (κ3) is 5.05. The highest BCUT2D eigenvalue weighted by atomic mass is 79.9. The number of imide groups is 1. The molecule has 0 saturated heterocycles. The van der Waals surface area contributed by atoms with Gasteiger partial charge in [0.05, 0.1) is 7.11 Å². The van der Waals surface area contributed by atoms with E-state index in [1.807, 2.05) is 0 Å². The minimum Gasteiger partial charge on any atom is -0.507 e. The van der Waals surface area contributed by atoms with Crippen LogP contribution in [0.5, 0.6) is 11.5 Å². The van der Waals surface area contributed by atoms with E-state index in [1.54, 1.807) is 18.2 Å². The zero-order valence-electron chi connectivity index (χ0n) is 13.1. The number of hydrogen-bond acceptors (Lipinski definition) is 6. The number of phenols is 1. The highest BCUT2D eigenvalue weighted by Gasteiger charge is 2.16. The SMILES string of the molecule is COc1ccc(C(=O)NC(=O)COC(=O)c2cc(Br)ccc2O)cc1. The smallest absolute Gasteiger partial charge is 0.342 e. The number of ether oxygens (including phenoxy) is 2. The Hall–Kier alpha value is -2.87. The molecule has 0 fully saturated rings. The van der Waals surface area contributed by atoms with Gasteiger partial charge >= 0.3 is 5.97 Å². The molecule has 2 rings (SSSR count). The van der Waals surface area contributed by atoms with Crippen molar-refractivity contribution in [3.8, 4) is 11.5 Å². The Bertz CT molecular complexity index is 803. The molecule has 0 unspecified atom stereocenters. The van der Waals surface area contributed by atoms with E-state index < -0.39 is 24.4 Å². The van der Waals surface area contributed by atoms with Crippen LogP contribution in [0.25, 0.3) is 0 Å². The summed E-state index contributed by atoms with van der Waals surface area (Å²) < 4.78 is 10.3. The summed E-state index contributed by atoms with van der Waals surface area (Å²) in [5.41, 5.74) is 0.161. The fourth-order valence-corrected chi connectivity index (χ4v) is 2.22. The van der Waals surface area contributed by atoms with Gasteiger partial charge in [0.1, 0.15) is 17.1 Å². The van der Waals surface area contributed by atoms with Crippen LogP contribution in [-0.4, -0.2) is 36.6 Å². The number of hydrogen-bond donors (Lipinski definition) is 2. The Morgan fingerprint density at radius 2 is 1.80 bits per heavy atom. The molecule has 0 aromatic heterocycles. The van der Waals surface area contributed by atoms with Crippen LogP contribution in [0.3, 0.4) is 0 Å². The second-order valence-electron chi connectivity index (χ2n) is 4.84. The van der Waals surface area contributed by atoms with E-state index >= 15 is 0 Å². The van der Waals surface area contributed by atoms with Crippen molar-refractivity contribution in [2.45, 2.75) is 0 Å². The summed E-state index contributed by atoms with van der Waals surface area (Å²) in [6, 6.07) is 10.4. The molecule has 7 nitrogen and oxygen atoms in total. The van der Waals surface area contributed by atoms with Crippen molar-refractivity contribution in [2.75, 3.05) is 13.7 Å². The maximum atomic E-state index is 11.9. The molecule has 0 bridgehead atoms. The van der Waals surface area contributed by atoms with Gasteiger partial charge in [-0.2, -0.15) is 0 Å². The van der Waals surface area contributed by atoms with Gasteiger partial charge in [-0.3, -0.25) is 14.9 Å². The number of aromatic hydroxyl groups is 1. The second kappa shape index (κ2) is 8.29. The van der Waals surface area contributed by atoms with Crippen molar-refractivity contribution in [3.05, 3.63) is 58.1 Å². The molecule has 130 valence electrons. The second-order valence-corrected chi connectivity index (χ2v) is 5.76. The van der Waals surface area contributed by atoms with E-state index in [0.29, 0.717) is 10.2 Å². The van der Waals surface area contributed by atoms with Gasteiger partial charge in [-0.15, -0.1) is 0 Å². The monoisotopic (exact) mass is 407 g/mol. The first-order chi connectivity index (χ1) is 11.9. The molecule has 0 aliphatic rings. The minimum atomic E-state index is -0.883. The Morgan fingerprint density at radius 1 is 1.12 bits per heavy atom. The molecular formula is C17H14BrNO6. The van der Waals surface area contributed by atoms with Crippen LogP contribution in [0.4, 0.5) is 0 Å². The van der Waals surface area contributed by atoms with Crippen molar-refractivity contribution in [2.24, 2.45) is 0 Å². The van der Waals surface area contributed by atoms with Gasteiger partial charge in [0, 0.05) is 10.0 Å². The van der Waals surface area contributed by atoms with E-state index in [1.165, 1.54) is 31.4 Å². The standard InChI is InChI=1S/C17H14BrNO6/c1-24-12-5-2-10(3-6-12)16(22)19-15(21)9-25-17(23)13-8-11(18)4-7-14(13)20/h2-8,20H,9H2,1H3,(H,19,21,22). The maximum Gasteiger partial charge on any atom is 0.342 e. The predicted molar refractivity (Wildman–Crippen MR) is 91.6 cm³/mol. The van der Waals surface area contributed by atoms with Crippen LogP contribution < -0.4 is 10.1 Å². The number of phenolic OH excluding ortho intramolecular Hbond substituents is 1. The van der Waals surface area contributed by atoms with Crippen molar-refractivity contribution >= 4 is 33.7 Å². The van der Waals surface area contributed by atoms with Gasteiger partial charge in [0.15, 0.2) is 6.61 Å². The number of rotatable bonds is 5. The van der Waals surface area contributed by atoms with Gasteiger partial charge in [0.2, 0.25) is 0 Å². The topological polar surface area (TPSA) is 102 Å². The molecule has 2 aromatic carbocycles. The van der Waals surface area contributed by atoms with E-state index in [9.17, 15) is 19.5 Å². The highest BCUT2D eigenvalue weighted by molar-refractivity contribution is 9.10. The Labute approximate surface area is 151 Å². The molecule has 0 aliphatic carbocycles. The van der Waals surface area contributed by atoms with E-state index in [2.05, 4.69) is 21.2 Å². The number of halogens is 1. The summed E-state index contributed by atoms with van der Waals surface area (Å²) in [7, 11) is 1.50. The molecule has 8 heteroatoms. The number of amides is 2. The third-order valence-corrected chi connectivity index (χ3v) is 3.61. The lowest BCUT2D eigenvalue weighted by Gasteiger charge is -2.07. The molecule has 0 saturated carbocycles. The minimum absolute atomic E-state index is 0.0938. The molecule has 2 N–H and O–H groups in total. The Morgan fingerprint density at radius 3 is 2.44 bits per heavy atom. The molecule has 25 heavy (non-hydrogen) atoms. The quantitative estimate of drug-likeness (QED) is 0.737. The maximum absolute atomic E-state index is 11.9. The van der Waals surface area contributed by atoms with Crippen molar-refractivity contribution in [3.63, 3.8) is 0 Å². The van der Waals surface area contributed by atoms with Crippen LogP contribution in [-0.2, 0) is 9.53 Å². The van der Waals surface area contributed by atoms with E-state index in [-0.39, 0.29) is 16.9 Å². The summed E-state index contributed by atoms with van der Waals surface area (Å²) >= 11 is 3.16. The lowest BCUT2D eigenvalue weighted by atomic mass is 10.2. The molecule has 0 spiro atoms. The first-order valence-electron chi connectivity index (χ1n) is 7.04. The average molecular weight is 408 g/mol. The number of carbonyl (C=O) groups excluding carboxylic acids is 3. The Balaban J connectivity index is 1.90. The number of benzene rings is 2. The summed E-state index contributed by atoms with van der Waals surface area (Å²) in [6.45, 7) is -0.660. The van der Waals surface area contributed by atoms with E-state index in [4.69, 9.17) is 9.47 Å². The fourth-order valence-electron chi connectivity index (χ4n) is 1.86. The number of nitrogens with one attached hydrogen (secondary N) is 1. The summed E-state index contributed by atoms with van der Waals surface area (Å²) in [4.78, 5) is 35.5. The Kier molecular flexibility index (Phi) is 6.13. The van der Waals surface area contributed by atoms with Crippen molar-refractivity contribution < 1.29 is 29.0 Å². The molecule has 0 heterocycles. The summed E-state index contributed by atoms with van der Waals surface area (Å²) in [6.07, 6.45) is 0. The van der Waals surface area contributed by atoms with Gasteiger partial charge in [0.25, 0.3) is 11.8 Å². The zero-order valence-corrected chi connectivity index (χ0v) is 14.7.